The highest BCUT2D eigenvalue weighted by molar-refractivity contribution is 5.77. The van der Waals surface area contributed by atoms with E-state index in [0.29, 0.717) is 19.5 Å². The lowest BCUT2D eigenvalue weighted by molar-refractivity contribution is -0.137. The van der Waals surface area contributed by atoms with Gasteiger partial charge in [-0.05, 0) is 17.6 Å². The molecule has 3 N–H and O–H groups in total. The predicted molar refractivity (Wildman–Crippen MR) is 73.7 cm³/mol. The molecule has 0 saturated carbocycles. The van der Waals surface area contributed by atoms with Crippen molar-refractivity contribution in [2.45, 2.75) is 12.8 Å². The smallest absolute Gasteiger partial charge is 0.315 e. The molecule has 0 radical (unpaired) electrons. The Balaban J connectivity index is 2.20. The molecule has 5 nitrogen and oxygen atoms in total. The average molecular weight is 262 g/mol. The van der Waals surface area contributed by atoms with E-state index < -0.39 is 5.97 Å². The Morgan fingerprint density at radius 2 is 1.84 bits per heavy atom. The van der Waals surface area contributed by atoms with Crippen molar-refractivity contribution in [1.29, 1.82) is 0 Å². The van der Waals surface area contributed by atoms with E-state index in [9.17, 15) is 9.59 Å². The van der Waals surface area contributed by atoms with Gasteiger partial charge in [0.05, 0.1) is 0 Å². The lowest BCUT2D eigenvalue weighted by Crippen LogP contribution is -2.36. The van der Waals surface area contributed by atoms with Gasteiger partial charge in [0, 0.05) is 19.5 Å². The van der Waals surface area contributed by atoms with Gasteiger partial charge in [0.2, 0.25) is 0 Å². The van der Waals surface area contributed by atoms with Crippen LogP contribution in [0.1, 0.15) is 18.4 Å². The number of aliphatic carboxylic acids is 1. The van der Waals surface area contributed by atoms with Gasteiger partial charge < -0.3 is 15.7 Å². The number of nitrogens with one attached hydrogen (secondary N) is 2. The maximum absolute atomic E-state index is 11.4. The van der Waals surface area contributed by atoms with Crippen molar-refractivity contribution in [2.24, 2.45) is 0 Å². The van der Waals surface area contributed by atoms with Gasteiger partial charge in [-0.25, -0.2) is 4.79 Å². The van der Waals surface area contributed by atoms with E-state index in [4.69, 9.17) is 5.11 Å². The third kappa shape index (κ3) is 6.26. The van der Waals surface area contributed by atoms with Gasteiger partial charge in [-0.1, -0.05) is 36.9 Å². The van der Waals surface area contributed by atoms with Gasteiger partial charge in [-0.2, -0.15) is 0 Å². The minimum atomic E-state index is -0.861. The number of carbonyl (C=O) groups excluding carboxylic acids is 1. The van der Waals surface area contributed by atoms with Crippen LogP contribution in [-0.4, -0.2) is 30.2 Å². The molecule has 0 aromatic heterocycles. The molecule has 102 valence electrons. The molecule has 0 heterocycles. The molecule has 1 aromatic carbocycles. The minimum absolute atomic E-state index is 0.0526. The number of hydrogen-bond acceptors (Lipinski definition) is 2. The summed E-state index contributed by atoms with van der Waals surface area (Å²) in [6, 6.07) is 9.27. The topological polar surface area (TPSA) is 78.4 Å². The average Bonchev–Trinajstić information content (AvgIpc) is 2.41. The molecule has 0 saturated heterocycles. The normalized spacial score (nSPS) is 9.68. The summed E-state index contributed by atoms with van der Waals surface area (Å²) in [5, 5.41) is 13.7. The second-order valence-electron chi connectivity index (χ2n) is 4.08. The summed E-state index contributed by atoms with van der Waals surface area (Å²) in [6.45, 7) is 4.60. The zero-order valence-electron chi connectivity index (χ0n) is 10.7. The fraction of sp³-hybridized carbons (Fsp3) is 0.286. The van der Waals surface area contributed by atoms with E-state index in [0.717, 1.165) is 11.1 Å². The van der Waals surface area contributed by atoms with Crippen molar-refractivity contribution in [2.75, 3.05) is 13.1 Å². The molecule has 0 aliphatic carbocycles. The number of hydrogen-bond donors (Lipinski definition) is 3. The summed E-state index contributed by atoms with van der Waals surface area (Å²) in [5.74, 6) is -0.861. The third-order valence-corrected chi connectivity index (χ3v) is 2.50. The van der Waals surface area contributed by atoms with Crippen LogP contribution in [0.25, 0.3) is 5.57 Å². The van der Waals surface area contributed by atoms with Crippen molar-refractivity contribution in [1.82, 2.24) is 10.6 Å². The summed E-state index contributed by atoms with van der Waals surface area (Å²) < 4.78 is 0. The van der Waals surface area contributed by atoms with Crippen LogP contribution < -0.4 is 10.6 Å². The maximum atomic E-state index is 11.4. The van der Waals surface area contributed by atoms with Gasteiger partial charge in [0.25, 0.3) is 0 Å². The highest BCUT2D eigenvalue weighted by Gasteiger charge is 2.03. The number of urea groups is 1. The Kier molecular flexibility index (Phi) is 6.15. The Morgan fingerprint density at radius 1 is 1.16 bits per heavy atom. The summed E-state index contributed by atoms with van der Waals surface area (Å²) in [7, 11) is 0. The molecule has 5 heteroatoms. The number of carboxylic acids is 1. The fourth-order valence-corrected chi connectivity index (χ4v) is 1.47. The van der Waals surface area contributed by atoms with E-state index in [-0.39, 0.29) is 12.5 Å². The van der Waals surface area contributed by atoms with Crippen LogP contribution in [0.4, 0.5) is 4.79 Å². The first-order valence-electron chi connectivity index (χ1n) is 6.06. The van der Waals surface area contributed by atoms with Crippen molar-refractivity contribution >= 4 is 17.6 Å². The molecule has 1 rings (SSSR count). The zero-order valence-corrected chi connectivity index (χ0v) is 10.7. The molecule has 0 bridgehead atoms. The quantitative estimate of drug-likeness (QED) is 0.656. The minimum Gasteiger partial charge on any atom is -0.481 e. The van der Waals surface area contributed by atoms with Crippen molar-refractivity contribution in [3.63, 3.8) is 0 Å². The SMILES string of the molecule is C=C(CNC(=O)NCCCC(=O)O)c1ccccc1. The van der Waals surface area contributed by atoms with Crippen molar-refractivity contribution < 1.29 is 14.7 Å². The van der Waals surface area contributed by atoms with E-state index in [1.165, 1.54) is 0 Å². The monoisotopic (exact) mass is 262 g/mol. The van der Waals surface area contributed by atoms with Gasteiger partial charge in [0.15, 0.2) is 0 Å². The summed E-state index contributed by atoms with van der Waals surface area (Å²) in [6.07, 6.45) is 0.472. The van der Waals surface area contributed by atoms with Crippen LogP contribution in [0.15, 0.2) is 36.9 Å². The van der Waals surface area contributed by atoms with Crippen LogP contribution in [0.2, 0.25) is 0 Å². The molecule has 0 atom stereocenters. The van der Waals surface area contributed by atoms with Crippen LogP contribution in [0.5, 0.6) is 0 Å². The van der Waals surface area contributed by atoms with Crippen molar-refractivity contribution in [3.8, 4) is 0 Å². The van der Waals surface area contributed by atoms with Crippen LogP contribution in [-0.2, 0) is 4.79 Å². The lowest BCUT2D eigenvalue weighted by Gasteiger charge is -2.09. The fourth-order valence-electron chi connectivity index (χ4n) is 1.47. The standard InChI is InChI=1S/C14H18N2O3/c1-11(12-6-3-2-4-7-12)10-16-14(19)15-9-5-8-13(17)18/h2-4,6-7H,1,5,8-10H2,(H,17,18)(H2,15,16,19). The third-order valence-electron chi connectivity index (χ3n) is 2.50. The number of carboxylic acid groups (broad SMARTS) is 1. The number of carbonyl (C=O) groups is 2. The first-order valence-corrected chi connectivity index (χ1v) is 6.06. The molecular formula is C14H18N2O3. The first kappa shape index (κ1) is 14.8. The number of benzene rings is 1. The van der Waals surface area contributed by atoms with E-state index in [1.807, 2.05) is 30.3 Å². The van der Waals surface area contributed by atoms with Crippen molar-refractivity contribution in [3.05, 3.63) is 42.5 Å². The number of amides is 2. The summed E-state index contributed by atoms with van der Waals surface area (Å²) in [5.41, 5.74) is 1.80. The Morgan fingerprint density at radius 3 is 2.47 bits per heavy atom. The van der Waals surface area contributed by atoms with Crippen LogP contribution in [0.3, 0.4) is 0 Å². The molecule has 0 aliphatic heterocycles. The van der Waals surface area contributed by atoms with Crippen LogP contribution >= 0.6 is 0 Å². The van der Waals surface area contributed by atoms with E-state index in [1.54, 1.807) is 0 Å². The molecule has 0 unspecified atom stereocenters. The highest BCUT2D eigenvalue weighted by atomic mass is 16.4. The van der Waals surface area contributed by atoms with Crippen LogP contribution in [0, 0.1) is 0 Å². The van der Waals surface area contributed by atoms with Gasteiger partial charge in [-0.3, -0.25) is 4.79 Å². The molecule has 2 amide bonds. The summed E-state index contributed by atoms with van der Waals surface area (Å²) >= 11 is 0. The van der Waals surface area contributed by atoms with E-state index >= 15 is 0 Å². The molecular weight excluding hydrogens is 244 g/mol. The second kappa shape index (κ2) is 7.92. The van der Waals surface area contributed by atoms with E-state index in [2.05, 4.69) is 17.2 Å². The predicted octanol–water partition coefficient (Wildman–Crippen LogP) is 1.86. The maximum Gasteiger partial charge on any atom is 0.315 e. The summed E-state index contributed by atoms with van der Waals surface area (Å²) in [4.78, 5) is 21.7. The Hall–Kier alpha value is -2.30. The zero-order chi connectivity index (χ0) is 14.1. The van der Waals surface area contributed by atoms with Gasteiger partial charge >= 0.3 is 12.0 Å². The Labute approximate surface area is 112 Å². The second-order valence-corrected chi connectivity index (χ2v) is 4.08. The highest BCUT2D eigenvalue weighted by Crippen LogP contribution is 2.09. The largest absolute Gasteiger partial charge is 0.481 e. The molecule has 0 spiro atoms. The first-order chi connectivity index (χ1) is 9.09. The van der Waals surface area contributed by atoms with Gasteiger partial charge in [0.1, 0.15) is 0 Å². The lowest BCUT2D eigenvalue weighted by atomic mass is 10.1. The Bertz CT molecular complexity index is 443. The van der Waals surface area contributed by atoms with Gasteiger partial charge in [-0.15, -0.1) is 0 Å². The number of rotatable bonds is 7. The molecule has 19 heavy (non-hydrogen) atoms. The molecule has 0 aliphatic rings. The molecule has 0 fully saturated rings. The molecule has 1 aromatic rings.